The maximum absolute atomic E-state index is 13.4. The van der Waals surface area contributed by atoms with Gasteiger partial charge in [0.15, 0.2) is 5.11 Å². The lowest BCUT2D eigenvalue weighted by molar-refractivity contribution is 0.591. The number of anilines is 1. The lowest BCUT2D eigenvalue weighted by atomic mass is 10.1. The standard InChI is InChI=1S/C16H16F2N2S/c17-13-9-4-10-14(18)15(13)20-16(21)19-11-5-8-12-6-2-1-3-7-12/h1-4,6-7,9-10H,5,8,11H2,(H2,19,20,21). The van der Waals surface area contributed by atoms with Crippen molar-refractivity contribution >= 4 is 23.0 Å². The Morgan fingerprint density at radius 3 is 2.29 bits per heavy atom. The minimum absolute atomic E-state index is 0.215. The zero-order chi connectivity index (χ0) is 15.1. The van der Waals surface area contributed by atoms with Gasteiger partial charge >= 0.3 is 0 Å². The van der Waals surface area contributed by atoms with Crippen LogP contribution in [-0.4, -0.2) is 11.7 Å². The molecule has 0 saturated heterocycles. The van der Waals surface area contributed by atoms with Crippen LogP contribution in [0.5, 0.6) is 0 Å². The van der Waals surface area contributed by atoms with Gasteiger partial charge in [0.05, 0.1) is 0 Å². The molecule has 21 heavy (non-hydrogen) atoms. The van der Waals surface area contributed by atoms with Crippen LogP contribution in [-0.2, 0) is 6.42 Å². The largest absolute Gasteiger partial charge is 0.362 e. The van der Waals surface area contributed by atoms with Crippen LogP contribution in [0.15, 0.2) is 48.5 Å². The fourth-order valence-corrected chi connectivity index (χ4v) is 2.12. The minimum atomic E-state index is -0.663. The summed E-state index contributed by atoms with van der Waals surface area (Å²) in [6.07, 6.45) is 1.80. The number of hydrogen-bond acceptors (Lipinski definition) is 1. The van der Waals surface area contributed by atoms with Crippen molar-refractivity contribution in [1.29, 1.82) is 0 Å². The molecule has 0 aliphatic carbocycles. The number of aryl methyl sites for hydroxylation is 1. The number of thiocarbonyl (C=S) groups is 1. The predicted molar refractivity (Wildman–Crippen MR) is 85.3 cm³/mol. The van der Waals surface area contributed by atoms with Crippen molar-refractivity contribution in [1.82, 2.24) is 5.32 Å². The van der Waals surface area contributed by atoms with Crippen LogP contribution in [0, 0.1) is 11.6 Å². The summed E-state index contributed by atoms with van der Waals surface area (Å²) in [5.74, 6) is -1.33. The first-order valence-corrected chi connectivity index (χ1v) is 7.10. The zero-order valence-electron chi connectivity index (χ0n) is 11.4. The number of halogens is 2. The van der Waals surface area contributed by atoms with Crippen molar-refractivity contribution < 1.29 is 8.78 Å². The summed E-state index contributed by atoms with van der Waals surface area (Å²) in [6.45, 7) is 0.636. The molecule has 0 aromatic heterocycles. The maximum Gasteiger partial charge on any atom is 0.170 e. The first-order valence-electron chi connectivity index (χ1n) is 6.69. The third kappa shape index (κ3) is 4.79. The van der Waals surface area contributed by atoms with E-state index in [2.05, 4.69) is 22.8 Å². The molecule has 0 saturated carbocycles. The first-order chi connectivity index (χ1) is 10.2. The van der Waals surface area contributed by atoms with Gasteiger partial charge < -0.3 is 10.6 Å². The van der Waals surface area contributed by atoms with E-state index in [1.807, 2.05) is 18.2 Å². The average Bonchev–Trinajstić information content (AvgIpc) is 2.49. The van der Waals surface area contributed by atoms with Gasteiger partial charge in [-0.3, -0.25) is 0 Å². The summed E-state index contributed by atoms with van der Waals surface area (Å²) in [6, 6.07) is 13.8. The summed E-state index contributed by atoms with van der Waals surface area (Å²) in [7, 11) is 0. The molecule has 110 valence electrons. The quantitative estimate of drug-likeness (QED) is 0.647. The lowest BCUT2D eigenvalue weighted by Gasteiger charge is -2.11. The Bertz CT molecular complexity index is 582. The van der Waals surface area contributed by atoms with Crippen LogP contribution in [0.4, 0.5) is 14.5 Å². The third-order valence-corrected chi connectivity index (χ3v) is 3.22. The van der Waals surface area contributed by atoms with E-state index in [0.717, 1.165) is 12.8 Å². The van der Waals surface area contributed by atoms with Crippen molar-refractivity contribution in [3.63, 3.8) is 0 Å². The highest BCUT2D eigenvalue weighted by Crippen LogP contribution is 2.17. The molecular weight excluding hydrogens is 290 g/mol. The van der Waals surface area contributed by atoms with E-state index >= 15 is 0 Å². The smallest absolute Gasteiger partial charge is 0.170 e. The molecule has 2 nitrogen and oxygen atoms in total. The van der Waals surface area contributed by atoms with E-state index in [9.17, 15) is 8.78 Å². The molecular formula is C16H16F2N2S. The number of benzene rings is 2. The molecule has 2 rings (SSSR count). The van der Waals surface area contributed by atoms with Gasteiger partial charge in [0, 0.05) is 6.54 Å². The van der Waals surface area contributed by atoms with Gasteiger partial charge in [0.2, 0.25) is 0 Å². The van der Waals surface area contributed by atoms with E-state index in [1.54, 1.807) is 0 Å². The van der Waals surface area contributed by atoms with E-state index in [4.69, 9.17) is 12.2 Å². The summed E-state index contributed by atoms with van der Waals surface area (Å²) in [4.78, 5) is 0. The number of rotatable bonds is 5. The van der Waals surface area contributed by atoms with E-state index in [1.165, 1.54) is 23.8 Å². The Kier molecular flexibility index (Phi) is 5.63. The van der Waals surface area contributed by atoms with Gasteiger partial charge in [-0.25, -0.2) is 8.78 Å². The molecule has 2 N–H and O–H groups in total. The molecule has 5 heteroatoms. The Morgan fingerprint density at radius 1 is 0.952 bits per heavy atom. The molecule has 2 aromatic carbocycles. The average molecular weight is 306 g/mol. The number of hydrogen-bond donors (Lipinski definition) is 2. The summed E-state index contributed by atoms with van der Waals surface area (Å²) in [5.41, 5.74) is 1.02. The van der Waals surface area contributed by atoms with Crippen molar-refractivity contribution in [2.24, 2.45) is 0 Å². The van der Waals surface area contributed by atoms with Crippen LogP contribution in [0.2, 0.25) is 0 Å². The predicted octanol–water partition coefficient (Wildman–Crippen LogP) is 3.88. The SMILES string of the molecule is Fc1cccc(F)c1NC(=S)NCCCc1ccccc1. The second-order valence-corrected chi connectivity index (χ2v) is 4.97. The van der Waals surface area contributed by atoms with Crippen molar-refractivity contribution in [3.05, 3.63) is 65.7 Å². The van der Waals surface area contributed by atoms with Crippen LogP contribution in [0.1, 0.15) is 12.0 Å². The van der Waals surface area contributed by atoms with Gasteiger partial charge in [-0.1, -0.05) is 36.4 Å². The first kappa shape index (κ1) is 15.4. The van der Waals surface area contributed by atoms with Crippen LogP contribution in [0.25, 0.3) is 0 Å². The zero-order valence-corrected chi connectivity index (χ0v) is 12.2. The molecule has 0 fully saturated rings. The molecule has 0 aliphatic rings. The number of para-hydroxylation sites is 1. The normalized spacial score (nSPS) is 10.2. The van der Waals surface area contributed by atoms with Crippen LogP contribution >= 0.6 is 12.2 Å². The molecule has 0 aliphatic heterocycles. The molecule has 0 unspecified atom stereocenters. The van der Waals surface area contributed by atoms with Crippen LogP contribution in [0.3, 0.4) is 0 Å². The highest BCUT2D eigenvalue weighted by atomic mass is 32.1. The highest BCUT2D eigenvalue weighted by Gasteiger charge is 2.09. The van der Waals surface area contributed by atoms with Crippen molar-refractivity contribution in [3.8, 4) is 0 Å². The summed E-state index contributed by atoms with van der Waals surface area (Å²) >= 11 is 5.03. The van der Waals surface area contributed by atoms with Gasteiger partial charge in [-0.15, -0.1) is 0 Å². The van der Waals surface area contributed by atoms with Gasteiger partial charge in [0.1, 0.15) is 17.3 Å². The lowest BCUT2D eigenvalue weighted by Crippen LogP contribution is -2.30. The van der Waals surface area contributed by atoms with Gasteiger partial charge in [-0.2, -0.15) is 0 Å². The Morgan fingerprint density at radius 2 is 1.62 bits per heavy atom. The topological polar surface area (TPSA) is 24.1 Å². The Labute approximate surface area is 128 Å². The van der Waals surface area contributed by atoms with Crippen LogP contribution < -0.4 is 10.6 Å². The molecule has 0 atom stereocenters. The monoisotopic (exact) mass is 306 g/mol. The molecule has 0 spiro atoms. The molecule has 0 radical (unpaired) electrons. The van der Waals surface area contributed by atoms with E-state index in [-0.39, 0.29) is 10.8 Å². The Hall–Kier alpha value is -2.01. The fourth-order valence-electron chi connectivity index (χ4n) is 1.91. The molecule has 0 heterocycles. The fraction of sp³-hybridized carbons (Fsp3) is 0.188. The second-order valence-electron chi connectivity index (χ2n) is 4.57. The highest BCUT2D eigenvalue weighted by molar-refractivity contribution is 7.80. The Balaban J connectivity index is 1.75. The minimum Gasteiger partial charge on any atom is -0.362 e. The molecule has 0 bridgehead atoms. The maximum atomic E-state index is 13.4. The number of nitrogens with one attached hydrogen (secondary N) is 2. The van der Waals surface area contributed by atoms with Crippen molar-refractivity contribution in [2.75, 3.05) is 11.9 Å². The van der Waals surface area contributed by atoms with E-state index < -0.39 is 11.6 Å². The van der Waals surface area contributed by atoms with E-state index in [0.29, 0.717) is 6.54 Å². The molecule has 2 aromatic rings. The second kappa shape index (κ2) is 7.69. The van der Waals surface area contributed by atoms with Gasteiger partial charge in [-0.05, 0) is 42.8 Å². The third-order valence-electron chi connectivity index (χ3n) is 2.97. The summed E-state index contributed by atoms with van der Waals surface area (Å²) < 4.78 is 26.9. The van der Waals surface area contributed by atoms with Gasteiger partial charge in [0.25, 0.3) is 0 Å². The summed E-state index contributed by atoms with van der Waals surface area (Å²) in [5, 5.41) is 5.71. The molecule has 0 amide bonds. The van der Waals surface area contributed by atoms with Crippen molar-refractivity contribution in [2.45, 2.75) is 12.8 Å².